The van der Waals surface area contributed by atoms with Crippen LogP contribution in [0, 0.1) is 11.3 Å². The maximum Gasteiger partial charge on any atom is 0.346 e. The molecule has 0 spiro atoms. The number of esters is 2. The molecule has 2 rings (SSSR count). The van der Waals surface area contributed by atoms with Gasteiger partial charge in [-0.2, -0.15) is 10.4 Å². The predicted molar refractivity (Wildman–Crippen MR) is 115 cm³/mol. The molecule has 0 aliphatic rings. The number of rotatable bonds is 8. The number of nitrogens with one attached hydrogen (secondary N) is 1. The number of ether oxygens (including phenoxy) is 2. The van der Waals surface area contributed by atoms with Crippen molar-refractivity contribution in [2.75, 3.05) is 18.6 Å². The monoisotopic (exact) mass is 425 g/mol. The number of hydrazone groups is 1. The molecule has 0 heterocycles. The highest BCUT2D eigenvalue weighted by atomic mass is 35.5. The minimum absolute atomic E-state index is 0.0106. The molecule has 0 aliphatic carbocycles. The maximum atomic E-state index is 12.6. The molecule has 0 fully saturated rings. The van der Waals surface area contributed by atoms with E-state index < -0.39 is 17.5 Å². The SMILES string of the molecule is CCOC(=O)C(C(=O)OCC)=C(C(C#N)=NNc1ccc(Cl)cc1)c1ccccc1. The van der Waals surface area contributed by atoms with Crippen molar-refractivity contribution in [1.82, 2.24) is 0 Å². The second-order valence-electron chi connectivity index (χ2n) is 5.75. The zero-order valence-electron chi connectivity index (χ0n) is 16.5. The molecule has 154 valence electrons. The van der Waals surface area contributed by atoms with E-state index in [1.165, 1.54) is 0 Å². The Hall–Kier alpha value is -3.63. The van der Waals surface area contributed by atoms with Crippen LogP contribution in [0.4, 0.5) is 5.69 Å². The van der Waals surface area contributed by atoms with Gasteiger partial charge in [-0.1, -0.05) is 41.9 Å². The molecule has 0 saturated heterocycles. The third-order valence-corrected chi connectivity index (χ3v) is 4.01. The molecular weight excluding hydrogens is 406 g/mol. The van der Waals surface area contributed by atoms with Crippen molar-refractivity contribution in [1.29, 1.82) is 5.26 Å². The van der Waals surface area contributed by atoms with Gasteiger partial charge in [-0.15, -0.1) is 0 Å². The first kappa shape index (κ1) is 22.7. The van der Waals surface area contributed by atoms with Crippen molar-refractivity contribution in [2.24, 2.45) is 5.10 Å². The van der Waals surface area contributed by atoms with E-state index in [9.17, 15) is 14.9 Å². The van der Waals surface area contributed by atoms with E-state index in [0.717, 1.165) is 0 Å². The number of benzene rings is 2. The van der Waals surface area contributed by atoms with Crippen molar-refractivity contribution < 1.29 is 19.1 Å². The van der Waals surface area contributed by atoms with Gasteiger partial charge in [0.25, 0.3) is 0 Å². The zero-order valence-corrected chi connectivity index (χ0v) is 17.3. The Kier molecular flexibility index (Phi) is 8.60. The Morgan fingerprint density at radius 1 is 1.00 bits per heavy atom. The van der Waals surface area contributed by atoms with Crippen LogP contribution in [0.5, 0.6) is 0 Å². The summed E-state index contributed by atoms with van der Waals surface area (Å²) in [4.78, 5) is 25.3. The van der Waals surface area contributed by atoms with Gasteiger partial charge in [-0.05, 0) is 43.7 Å². The first-order valence-electron chi connectivity index (χ1n) is 9.15. The molecule has 0 atom stereocenters. The molecule has 0 unspecified atom stereocenters. The fourth-order valence-electron chi connectivity index (χ4n) is 2.48. The fourth-order valence-corrected chi connectivity index (χ4v) is 2.61. The van der Waals surface area contributed by atoms with Crippen molar-refractivity contribution in [3.05, 3.63) is 70.8 Å². The quantitative estimate of drug-likeness (QED) is 0.170. The molecule has 7 nitrogen and oxygen atoms in total. The van der Waals surface area contributed by atoms with Crippen molar-refractivity contribution >= 4 is 40.5 Å². The summed E-state index contributed by atoms with van der Waals surface area (Å²) in [5, 5.41) is 14.4. The summed E-state index contributed by atoms with van der Waals surface area (Å²) < 4.78 is 10.1. The second-order valence-corrected chi connectivity index (χ2v) is 6.18. The van der Waals surface area contributed by atoms with Crippen LogP contribution < -0.4 is 5.43 Å². The molecule has 2 aromatic rings. The summed E-state index contributed by atoms with van der Waals surface area (Å²) in [5.41, 5.74) is 3.16. The van der Waals surface area contributed by atoms with Gasteiger partial charge < -0.3 is 9.47 Å². The van der Waals surface area contributed by atoms with Crippen LogP contribution >= 0.6 is 11.6 Å². The Morgan fingerprint density at radius 3 is 2.07 bits per heavy atom. The van der Waals surface area contributed by atoms with E-state index >= 15 is 0 Å². The molecule has 0 saturated carbocycles. The summed E-state index contributed by atoms with van der Waals surface area (Å²) in [7, 11) is 0. The molecular formula is C22H20ClN3O4. The largest absolute Gasteiger partial charge is 0.462 e. The molecule has 8 heteroatoms. The number of hydrogen-bond acceptors (Lipinski definition) is 7. The van der Waals surface area contributed by atoms with E-state index in [4.69, 9.17) is 21.1 Å². The van der Waals surface area contributed by atoms with Gasteiger partial charge in [0.2, 0.25) is 0 Å². The van der Waals surface area contributed by atoms with Crippen molar-refractivity contribution in [2.45, 2.75) is 13.8 Å². The van der Waals surface area contributed by atoms with E-state index in [0.29, 0.717) is 16.3 Å². The number of carbonyl (C=O) groups excluding carboxylic acids is 2. The predicted octanol–water partition coefficient (Wildman–Crippen LogP) is 4.21. The van der Waals surface area contributed by atoms with E-state index in [2.05, 4.69) is 10.5 Å². The molecule has 1 N–H and O–H groups in total. The number of nitriles is 1. The van der Waals surface area contributed by atoms with Crippen LogP contribution in [0.25, 0.3) is 5.57 Å². The number of halogens is 1. The first-order valence-corrected chi connectivity index (χ1v) is 9.53. The van der Waals surface area contributed by atoms with Crippen LogP contribution in [0.2, 0.25) is 5.02 Å². The van der Waals surface area contributed by atoms with Crippen LogP contribution in [-0.4, -0.2) is 30.9 Å². The second kappa shape index (κ2) is 11.4. The van der Waals surface area contributed by atoms with E-state index in [-0.39, 0.29) is 24.5 Å². The molecule has 0 bridgehead atoms. The zero-order chi connectivity index (χ0) is 21.9. The number of hydrogen-bond donors (Lipinski definition) is 1. The fraction of sp³-hybridized carbons (Fsp3) is 0.182. The molecule has 0 aromatic heterocycles. The molecule has 0 aliphatic heterocycles. The van der Waals surface area contributed by atoms with Crippen LogP contribution in [-0.2, 0) is 19.1 Å². The molecule has 2 aromatic carbocycles. The lowest BCUT2D eigenvalue weighted by Gasteiger charge is -2.13. The average Bonchev–Trinajstić information content (AvgIpc) is 2.75. The lowest BCUT2D eigenvalue weighted by atomic mass is 9.95. The summed E-state index contributed by atoms with van der Waals surface area (Å²) in [5.74, 6) is -1.80. The van der Waals surface area contributed by atoms with E-state index in [1.807, 2.05) is 6.07 Å². The lowest BCUT2D eigenvalue weighted by Crippen LogP contribution is -2.22. The first-order chi connectivity index (χ1) is 14.5. The van der Waals surface area contributed by atoms with Gasteiger partial charge in [0.1, 0.15) is 6.07 Å². The number of carbonyl (C=O) groups is 2. The molecule has 30 heavy (non-hydrogen) atoms. The highest BCUT2D eigenvalue weighted by Gasteiger charge is 2.29. The Labute approximate surface area is 179 Å². The summed E-state index contributed by atoms with van der Waals surface area (Å²) in [6.07, 6.45) is 0. The highest BCUT2D eigenvalue weighted by molar-refractivity contribution is 6.40. The Morgan fingerprint density at radius 2 is 1.57 bits per heavy atom. The van der Waals surface area contributed by atoms with Crippen molar-refractivity contribution in [3.63, 3.8) is 0 Å². The normalized spacial score (nSPS) is 10.5. The summed E-state index contributed by atoms with van der Waals surface area (Å²) in [6.45, 7) is 3.33. The number of nitrogens with zero attached hydrogens (tertiary/aromatic N) is 2. The third-order valence-electron chi connectivity index (χ3n) is 3.76. The van der Waals surface area contributed by atoms with Gasteiger partial charge in [0.05, 0.1) is 18.9 Å². The van der Waals surface area contributed by atoms with Gasteiger partial charge in [-0.3, -0.25) is 5.43 Å². The summed E-state index contributed by atoms with van der Waals surface area (Å²) in [6, 6.07) is 17.1. The van der Waals surface area contributed by atoms with Gasteiger partial charge in [0.15, 0.2) is 11.3 Å². The standard InChI is InChI=1S/C22H20ClN3O4/c1-3-29-21(27)20(22(28)30-4-2)19(15-8-6-5-7-9-15)18(14-24)26-25-17-12-10-16(23)11-13-17/h5-13,25H,3-4H2,1-2H3. The average molecular weight is 426 g/mol. The van der Waals surface area contributed by atoms with Crippen molar-refractivity contribution in [3.8, 4) is 6.07 Å². The van der Waals surface area contributed by atoms with Crippen LogP contribution in [0.15, 0.2) is 65.3 Å². The Balaban J connectivity index is 2.66. The van der Waals surface area contributed by atoms with Gasteiger partial charge in [-0.25, -0.2) is 9.59 Å². The van der Waals surface area contributed by atoms with E-state index in [1.54, 1.807) is 68.4 Å². The summed E-state index contributed by atoms with van der Waals surface area (Å²) >= 11 is 5.88. The van der Waals surface area contributed by atoms with Gasteiger partial charge >= 0.3 is 11.9 Å². The van der Waals surface area contributed by atoms with Crippen LogP contribution in [0.3, 0.4) is 0 Å². The lowest BCUT2D eigenvalue weighted by molar-refractivity contribution is -0.146. The third kappa shape index (κ3) is 5.93. The molecule has 0 amide bonds. The smallest absolute Gasteiger partial charge is 0.346 e. The maximum absolute atomic E-state index is 12.6. The van der Waals surface area contributed by atoms with Gasteiger partial charge in [0, 0.05) is 10.6 Å². The van der Waals surface area contributed by atoms with Crippen LogP contribution in [0.1, 0.15) is 19.4 Å². The topological polar surface area (TPSA) is 101 Å². The molecule has 0 radical (unpaired) electrons. The highest BCUT2D eigenvalue weighted by Crippen LogP contribution is 2.24. The minimum atomic E-state index is -0.899. The minimum Gasteiger partial charge on any atom is -0.462 e. The number of anilines is 1. The Bertz CT molecular complexity index is 973. The number of allylic oxidation sites excluding steroid dienone is 1.